The summed E-state index contributed by atoms with van der Waals surface area (Å²) in [5.74, 6) is -1.16. The standard InChI is InChI=1S/C14H18ClNO4S/c1-9-8-11(15)4-7-13(9)21(19,20)16-12-5-2-10(3-6-12)14(17)18/h4,7-8,10,12,16H,2-3,5-6H2,1H3,(H,17,18). The number of nitrogens with one attached hydrogen (secondary N) is 1. The lowest BCUT2D eigenvalue weighted by Crippen LogP contribution is -2.38. The molecule has 1 aliphatic carbocycles. The quantitative estimate of drug-likeness (QED) is 0.888. The molecule has 0 heterocycles. The first-order valence-electron chi connectivity index (χ1n) is 6.81. The Bertz CT molecular complexity index is 636. The van der Waals surface area contributed by atoms with E-state index >= 15 is 0 Å². The Labute approximate surface area is 129 Å². The van der Waals surface area contributed by atoms with Gasteiger partial charge < -0.3 is 5.11 Å². The zero-order chi connectivity index (χ0) is 15.6. The summed E-state index contributed by atoms with van der Waals surface area (Å²) >= 11 is 5.83. The van der Waals surface area contributed by atoms with Gasteiger partial charge in [-0.15, -0.1) is 0 Å². The second-order valence-corrected chi connectivity index (χ2v) is 7.54. The minimum atomic E-state index is -3.60. The van der Waals surface area contributed by atoms with Crippen LogP contribution < -0.4 is 4.72 Å². The van der Waals surface area contributed by atoms with Gasteiger partial charge in [0, 0.05) is 11.1 Å². The Kier molecular flexibility index (Phi) is 4.91. The van der Waals surface area contributed by atoms with Crippen LogP contribution in [-0.2, 0) is 14.8 Å². The van der Waals surface area contributed by atoms with Gasteiger partial charge in [0.15, 0.2) is 0 Å². The minimum Gasteiger partial charge on any atom is -0.481 e. The van der Waals surface area contributed by atoms with Gasteiger partial charge >= 0.3 is 5.97 Å². The maximum atomic E-state index is 12.4. The molecule has 0 aromatic heterocycles. The van der Waals surface area contributed by atoms with Crippen LogP contribution in [0.15, 0.2) is 23.1 Å². The van der Waals surface area contributed by atoms with Gasteiger partial charge in [0.25, 0.3) is 0 Å². The van der Waals surface area contributed by atoms with Crippen molar-refractivity contribution in [3.63, 3.8) is 0 Å². The summed E-state index contributed by atoms with van der Waals surface area (Å²) in [5, 5.41) is 9.44. The Morgan fingerprint density at radius 1 is 1.29 bits per heavy atom. The summed E-state index contributed by atoms with van der Waals surface area (Å²) in [6.07, 6.45) is 2.09. The molecule has 0 amide bonds. The van der Waals surface area contributed by atoms with Crippen molar-refractivity contribution < 1.29 is 18.3 Å². The van der Waals surface area contributed by atoms with Gasteiger partial charge in [-0.3, -0.25) is 4.79 Å². The maximum Gasteiger partial charge on any atom is 0.306 e. The maximum absolute atomic E-state index is 12.4. The summed E-state index contributed by atoms with van der Waals surface area (Å²) in [4.78, 5) is 11.1. The zero-order valence-electron chi connectivity index (χ0n) is 11.7. The van der Waals surface area contributed by atoms with Crippen LogP contribution in [0.2, 0.25) is 5.02 Å². The fourth-order valence-electron chi connectivity index (χ4n) is 2.66. The Balaban J connectivity index is 2.07. The Hall–Kier alpha value is -1.11. The number of hydrogen-bond donors (Lipinski definition) is 2. The van der Waals surface area contributed by atoms with E-state index in [1.807, 2.05) is 0 Å². The number of carboxylic acid groups (broad SMARTS) is 1. The molecular weight excluding hydrogens is 314 g/mol. The number of benzene rings is 1. The van der Waals surface area contributed by atoms with Crippen LogP contribution in [0, 0.1) is 12.8 Å². The highest BCUT2D eigenvalue weighted by molar-refractivity contribution is 7.89. The van der Waals surface area contributed by atoms with Crippen LogP contribution in [0.5, 0.6) is 0 Å². The van der Waals surface area contributed by atoms with E-state index in [2.05, 4.69) is 4.72 Å². The highest BCUT2D eigenvalue weighted by atomic mass is 35.5. The van der Waals surface area contributed by atoms with Gasteiger partial charge in [0.1, 0.15) is 0 Å². The van der Waals surface area contributed by atoms with Crippen LogP contribution >= 0.6 is 11.6 Å². The van der Waals surface area contributed by atoms with Crippen molar-refractivity contribution >= 4 is 27.6 Å². The molecule has 1 aromatic rings. The Morgan fingerprint density at radius 2 is 1.90 bits per heavy atom. The highest BCUT2D eigenvalue weighted by Gasteiger charge is 2.29. The van der Waals surface area contributed by atoms with Crippen molar-refractivity contribution in [3.8, 4) is 0 Å². The molecular formula is C14H18ClNO4S. The number of halogens is 1. The summed E-state index contributed by atoms with van der Waals surface area (Å²) in [6, 6.07) is 4.44. The number of rotatable bonds is 4. The average Bonchev–Trinajstić information content (AvgIpc) is 2.38. The number of aliphatic carboxylic acids is 1. The van der Waals surface area contributed by atoms with Crippen LogP contribution in [0.25, 0.3) is 0 Å². The molecule has 0 radical (unpaired) electrons. The van der Waals surface area contributed by atoms with E-state index in [0.717, 1.165) is 0 Å². The molecule has 2 rings (SSSR count). The van der Waals surface area contributed by atoms with Crippen LogP contribution in [0.3, 0.4) is 0 Å². The van der Waals surface area contributed by atoms with Crippen molar-refractivity contribution in [1.29, 1.82) is 0 Å². The largest absolute Gasteiger partial charge is 0.481 e. The minimum absolute atomic E-state index is 0.208. The van der Waals surface area contributed by atoms with E-state index in [1.54, 1.807) is 19.1 Å². The van der Waals surface area contributed by atoms with Crippen LogP contribution in [-0.4, -0.2) is 25.5 Å². The molecule has 2 N–H and O–H groups in total. The van der Waals surface area contributed by atoms with Gasteiger partial charge in [-0.05, 0) is 56.4 Å². The first-order chi connectivity index (χ1) is 9.79. The lowest BCUT2D eigenvalue weighted by Gasteiger charge is -2.26. The first kappa shape index (κ1) is 16.3. The molecule has 1 saturated carbocycles. The Morgan fingerprint density at radius 3 is 2.43 bits per heavy atom. The van der Waals surface area contributed by atoms with Crippen molar-refractivity contribution in [1.82, 2.24) is 4.72 Å². The van der Waals surface area contributed by atoms with Crippen LogP contribution in [0.4, 0.5) is 0 Å². The van der Waals surface area contributed by atoms with Gasteiger partial charge in [0.2, 0.25) is 10.0 Å². The van der Waals surface area contributed by atoms with E-state index < -0.39 is 16.0 Å². The third-order valence-corrected chi connectivity index (χ3v) is 5.74. The predicted octanol–water partition coefficient (Wildman–Crippen LogP) is 2.57. The molecule has 0 aliphatic heterocycles. The SMILES string of the molecule is Cc1cc(Cl)ccc1S(=O)(=O)NC1CCC(C(=O)O)CC1. The van der Waals surface area contributed by atoms with Crippen molar-refractivity contribution in [2.75, 3.05) is 0 Å². The number of aryl methyl sites for hydroxylation is 1. The van der Waals surface area contributed by atoms with Crippen molar-refractivity contribution in [2.24, 2.45) is 5.92 Å². The predicted molar refractivity (Wildman–Crippen MR) is 79.9 cm³/mol. The summed E-state index contributed by atoms with van der Waals surface area (Å²) < 4.78 is 27.4. The number of carboxylic acids is 1. The van der Waals surface area contributed by atoms with Gasteiger partial charge in [-0.2, -0.15) is 0 Å². The van der Waals surface area contributed by atoms with E-state index in [0.29, 0.717) is 36.3 Å². The molecule has 0 unspecified atom stereocenters. The summed E-state index contributed by atoms with van der Waals surface area (Å²) in [5.41, 5.74) is 0.592. The molecule has 7 heteroatoms. The fourth-order valence-corrected chi connectivity index (χ4v) is 4.41. The molecule has 0 atom stereocenters. The van der Waals surface area contributed by atoms with Gasteiger partial charge in [0.05, 0.1) is 10.8 Å². The molecule has 1 fully saturated rings. The van der Waals surface area contributed by atoms with Gasteiger partial charge in [-0.25, -0.2) is 13.1 Å². The average molecular weight is 332 g/mol. The van der Waals surface area contributed by atoms with E-state index in [4.69, 9.17) is 16.7 Å². The third kappa shape index (κ3) is 3.96. The summed E-state index contributed by atoms with van der Waals surface area (Å²) in [6.45, 7) is 1.70. The number of carbonyl (C=O) groups is 1. The monoisotopic (exact) mass is 331 g/mol. The number of sulfonamides is 1. The zero-order valence-corrected chi connectivity index (χ0v) is 13.2. The van der Waals surface area contributed by atoms with E-state index in [-0.39, 0.29) is 16.9 Å². The van der Waals surface area contributed by atoms with Crippen LogP contribution in [0.1, 0.15) is 31.2 Å². The van der Waals surface area contributed by atoms with Crippen molar-refractivity contribution in [2.45, 2.75) is 43.5 Å². The molecule has 0 bridgehead atoms. The normalized spacial score (nSPS) is 23.0. The van der Waals surface area contributed by atoms with E-state index in [1.165, 1.54) is 6.07 Å². The first-order valence-corrected chi connectivity index (χ1v) is 8.67. The smallest absolute Gasteiger partial charge is 0.306 e. The van der Waals surface area contributed by atoms with E-state index in [9.17, 15) is 13.2 Å². The molecule has 21 heavy (non-hydrogen) atoms. The molecule has 1 aromatic carbocycles. The number of hydrogen-bond acceptors (Lipinski definition) is 3. The van der Waals surface area contributed by atoms with Gasteiger partial charge in [-0.1, -0.05) is 11.6 Å². The lowest BCUT2D eigenvalue weighted by atomic mass is 9.87. The second kappa shape index (κ2) is 6.34. The third-order valence-electron chi connectivity index (χ3n) is 3.82. The molecule has 0 saturated heterocycles. The topological polar surface area (TPSA) is 83.5 Å². The lowest BCUT2D eigenvalue weighted by molar-refractivity contribution is -0.142. The highest BCUT2D eigenvalue weighted by Crippen LogP contribution is 2.26. The molecule has 116 valence electrons. The summed E-state index contributed by atoms with van der Waals surface area (Å²) in [7, 11) is -3.60. The fraction of sp³-hybridized carbons (Fsp3) is 0.500. The molecule has 1 aliphatic rings. The second-order valence-electron chi connectivity index (χ2n) is 5.42. The van der Waals surface area contributed by atoms with Crippen molar-refractivity contribution in [3.05, 3.63) is 28.8 Å². The molecule has 5 nitrogen and oxygen atoms in total. The molecule has 0 spiro atoms.